The minimum atomic E-state index is -0.869. The van der Waals surface area contributed by atoms with Gasteiger partial charge in [0.1, 0.15) is 0 Å². The number of aromatic carboxylic acids is 1. The molecule has 2 aromatic carbocycles. The predicted molar refractivity (Wildman–Crippen MR) is 74.5 cm³/mol. The lowest BCUT2D eigenvalue weighted by molar-refractivity contribution is 0.0697. The molecule has 0 saturated carbocycles. The molecule has 0 aromatic heterocycles. The van der Waals surface area contributed by atoms with Crippen LogP contribution in [0.5, 0.6) is 0 Å². The number of rotatable bonds is 2. The van der Waals surface area contributed by atoms with E-state index < -0.39 is 5.97 Å². The van der Waals surface area contributed by atoms with Crippen LogP contribution in [0.1, 0.15) is 27.0 Å². The summed E-state index contributed by atoms with van der Waals surface area (Å²) >= 11 is 0. The summed E-state index contributed by atoms with van der Waals surface area (Å²) in [4.78, 5) is 13.5. The molecule has 1 heterocycles. The smallest absolute Gasteiger partial charge is 0.337 e. The summed E-state index contributed by atoms with van der Waals surface area (Å²) < 4.78 is 0. The number of carboxylic acids is 1. The van der Waals surface area contributed by atoms with E-state index in [1.807, 2.05) is 31.2 Å². The predicted octanol–water partition coefficient (Wildman–Crippen LogP) is 3.21. The van der Waals surface area contributed by atoms with E-state index in [0.29, 0.717) is 5.56 Å². The van der Waals surface area contributed by atoms with Crippen molar-refractivity contribution in [3.8, 4) is 0 Å². The van der Waals surface area contributed by atoms with Crippen molar-refractivity contribution in [2.75, 3.05) is 4.90 Å². The van der Waals surface area contributed by atoms with Gasteiger partial charge < -0.3 is 10.0 Å². The first-order valence-electron chi connectivity index (χ1n) is 6.31. The number of benzene rings is 2. The average molecular weight is 253 g/mol. The van der Waals surface area contributed by atoms with Crippen molar-refractivity contribution < 1.29 is 9.90 Å². The molecule has 1 aliphatic heterocycles. The second-order valence-corrected chi connectivity index (χ2v) is 4.95. The number of hydrogen-bond acceptors (Lipinski definition) is 2. The Kier molecular flexibility index (Phi) is 2.75. The monoisotopic (exact) mass is 253 g/mol. The van der Waals surface area contributed by atoms with E-state index in [-0.39, 0.29) is 0 Å². The highest BCUT2D eigenvalue weighted by Gasteiger charge is 2.22. The van der Waals surface area contributed by atoms with Crippen LogP contribution in [-0.4, -0.2) is 11.1 Å². The fraction of sp³-hybridized carbons (Fsp3) is 0.188. The van der Waals surface area contributed by atoms with Crippen LogP contribution in [-0.2, 0) is 13.1 Å². The van der Waals surface area contributed by atoms with Crippen LogP contribution in [0, 0.1) is 6.92 Å². The Bertz CT molecular complexity index is 624. The SMILES string of the molecule is Cc1ccc(C(=O)O)c(N2Cc3ccccc3C2)c1. The lowest BCUT2D eigenvalue weighted by atomic mass is 10.1. The molecule has 1 N–H and O–H groups in total. The quantitative estimate of drug-likeness (QED) is 0.893. The van der Waals surface area contributed by atoms with Crippen molar-refractivity contribution >= 4 is 11.7 Å². The van der Waals surface area contributed by atoms with Gasteiger partial charge in [0.15, 0.2) is 0 Å². The van der Waals surface area contributed by atoms with Gasteiger partial charge >= 0.3 is 5.97 Å². The summed E-state index contributed by atoms with van der Waals surface area (Å²) in [6.07, 6.45) is 0. The van der Waals surface area contributed by atoms with Crippen molar-refractivity contribution in [3.05, 3.63) is 64.7 Å². The Morgan fingerprint density at radius 2 is 1.74 bits per heavy atom. The maximum Gasteiger partial charge on any atom is 0.337 e. The van der Waals surface area contributed by atoms with Crippen LogP contribution in [0.4, 0.5) is 5.69 Å². The van der Waals surface area contributed by atoms with Crippen LogP contribution in [0.3, 0.4) is 0 Å². The zero-order valence-electron chi connectivity index (χ0n) is 10.8. The Hall–Kier alpha value is -2.29. The first kappa shape index (κ1) is 11.8. The van der Waals surface area contributed by atoms with E-state index in [0.717, 1.165) is 24.3 Å². The van der Waals surface area contributed by atoms with Crippen LogP contribution in [0.15, 0.2) is 42.5 Å². The summed E-state index contributed by atoms with van der Waals surface area (Å²) in [7, 11) is 0. The highest BCUT2D eigenvalue weighted by Crippen LogP contribution is 2.31. The Morgan fingerprint density at radius 3 is 2.32 bits per heavy atom. The maximum absolute atomic E-state index is 11.3. The van der Waals surface area contributed by atoms with Gasteiger partial charge in [0, 0.05) is 13.1 Å². The van der Waals surface area contributed by atoms with Gasteiger partial charge in [-0.3, -0.25) is 0 Å². The molecule has 0 amide bonds. The van der Waals surface area contributed by atoms with Crippen LogP contribution >= 0.6 is 0 Å². The Balaban J connectivity index is 2.01. The Morgan fingerprint density at radius 1 is 1.11 bits per heavy atom. The third-order valence-electron chi connectivity index (χ3n) is 3.57. The fourth-order valence-electron chi connectivity index (χ4n) is 2.59. The fourth-order valence-corrected chi connectivity index (χ4v) is 2.59. The molecular formula is C16H15NO2. The average Bonchev–Trinajstić information content (AvgIpc) is 2.81. The van der Waals surface area contributed by atoms with Gasteiger partial charge in [-0.15, -0.1) is 0 Å². The van der Waals surface area contributed by atoms with Crippen molar-refractivity contribution in [1.29, 1.82) is 0 Å². The summed E-state index contributed by atoms with van der Waals surface area (Å²) in [6, 6.07) is 13.7. The molecule has 96 valence electrons. The zero-order chi connectivity index (χ0) is 13.4. The van der Waals surface area contributed by atoms with Crippen molar-refractivity contribution in [2.24, 2.45) is 0 Å². The van der Waals surface area contributed by atoms with E-state index in [2.05, 4.69) is 17.0 Å². The number of anilines is 1. The lowest BCUT2D eigenvalue weighted by Gasteiger charge is -2.20. The molecule has 1 aliphatic rings. The minimum absolute atomic E-state index is 0.374. The van der Waals surface area contributed by atoms with E-state index in [9.17, 15) is 9.90 Å². The van der Waals surface area contributed by atoms with Crippen molar-refractivity contribution in [2.45, 2.75) is 20.0 Å². The summed E-state index contributed by atoms with van der Waals surface area (Å²) in [5.74, 6) is -0.869. The first-order chi connectivity index (χ1) is 9.15. The molecule has 3 heteroatoms. The Labute approximate surface area is 112 Å². The summed E-state index contributed by atoms with van der Waals surface area (Å²) in [5, 5.41) is 9.31. The molecule has 0 saturated heterocycles. The normalized spacial score (nSPS) is 13.4. The van der Waals surface area contributed by atoms with E-state index in [4.69, 9.17) is 0 Å². The van der Waals surface area contributed by atoms with Crippen LogP contribution in [0.25, 0.3) is 0 Å². The van der Waals surface area contributed by atoms with Gasteiger partial charge in [0.05, 0.1) is 11.3 Å². The number of carbonyl (C=O) groups is 1. The molecule has 0 spiro atoms. The van der Waals surface area contributed by atoms with E-state index in [1.165, 1.54) is 11.1 Å². The highest BCUT2D eigenvalue weighted by atomic mass is 16.4. The molecule has 0 aliphatic carbocycles. The minimum Gasteiger partial charge on any atom is -0.478 e. The molecule has 2 aromatic rings. The van der Waals surface area contributed by atoms with Crippen LogP contribution in [0.2, 0.25) is 0 Å². The second kappa shape index (κ2) is 4.43. The van der Waals surface area contributed by atoms with Gasteiger partial charge in [0.2, 0.25) is 0 Å². The number of fused-ring (bicyclic) bond motifs is 1. The number of carboxylic acid groups (broad SMARTS) is 1. The molecule has 3 nitrogen and oxygen atoms in total. The number of hydrogen-bond donors (Lipinski definition) is 1. The molecule has 0 radical (unpaired) electrons. The number of aryl methyl sites for hydroxylation is 1. The topological polar surface area (TPSA) is 40.5 Å². The van der Waals surface area contributed by atoms with Gasteiger partial charge in [-0.1, -0.05) is 30.3 Å². The lowest BCUT2D eigenvalue weighted by Crippen LogP contribution is -2.18. The molecule has 3 rings (SSSR count). The summed E-state index contributed by atoms with van der Waals surface area (Å²) in [6.45, 7) is 3.54. The standard InChI is InChI=1S/C16H15NO2/c1-11-6-7-14(16(18)19)15(8-11)17-9-12-4-2-3-5-13(12)10-17/h2-8H,9-10H2,1H3,(H,18,19). The molecule has 0 unspecified atom stereocenters. The van der Waals surface area contributed by atoms with Gasteiger partial charge in [-0.25, -0.2) is 4.79 Å². The molecular weight excluding hydrogens is 238 g/mol. The van der Waals surface area contributed by atoms with Gasteiger partial charge in [-0.05, 0) is 35.7 Å². The first-order valence-corrected chi connectivity index (χ1v) is 6.31. The largest absolute Gasteiger partial charge is 0.478 e. The molecule has 0 bridgehead atoms. The highest BCUT2D eigenvalue weighted by molar-refractivity contribution is 5.94. The van der Waals surface area contributed by atoms with Crippen LogP contribution < -0.4 is 4.90 Å². The van der Waals surface area contributed by atoms with E-state index in [1.54, 1.807) is 6.07 Å². The molecule has 0 fully saturated rings. The zero-order valence-corrected chi connectivity index (χ0v) is 10.8. The summed E-state index contributed by atoms with van der Waals surface area (Å²) in [5.41, 5.74) is 4.82. The van der Waals surface area contributed by atoms with Gasteiger partial charge in [-0.2, -0.15) is 0 Å². The maximum atomic E-state index is 11.3. The van der Waals surface area contributed by atoms with E-state index >= 15 is 0 Å². The third-order valence-corrected chi connectivity index (χ3v) is 3.57. The van der Waals surface area contributed by atoms with Crippen molar-refractivity contribution in [3.63, 3.8) is 0 Å². The van der Waals surface area contributed by atoms with Crippen molar-refractivity contribution in [1.82, 2.24) is 0 Å². The second-order valence-electron chi connectivity index (χ2n) is 4.95. The molecule has 19 heavy (non-hydrogen) atoms. The third kappa shape index (κ3) is 2.08. The number of nitrogens with zero attached hydrogens (tertiary/aromatic N) is 1. The molecule has 0 atom stereocenters. The van der Waals surface area contributed by atoms with Gasteiger partial charge in [0.25, 0.3) is 0 Å².